The van der Waals surface area contributed by atoms with Crippen LogP contribution in [0.2, 0.25) is 0 Å². The van der Waals surface area contributed by atoms with Crippen molar-refractivity contribution >= 4 is 0 Å². The van der Waals surface area contributed by atoms with Crippen LogP contribution in [-0.4, -0.2) is 31.1 Å². The molecular weight excluding hydrogens is 154 g/mol. The van der Waals surface area contributed by atoms with Crippen molar-refractivity contribution in [1.29, 1.82) is 0 Å². The number of hydrogen-bond acceptors (Lipinski definition) is 3. The van der Waals surface area contributed by atoms with E-state index in [2.05, 4.69) is 5.32 Å². The van der Waals surface area contributed by atoms with E-state index in [-0.39, 0.29) is 17.9 Å². The van der Waals surface area contributed by atoms with Gasteiger partial charge >= 0.3 is 0 Å². The molecule has 3 heteroatoms. The third-order valence-electron chi connectivity index (χ3n) is 1.83. The van der Waals surface area contributed by atoms with Gasteiger partial charge in [0, 0.05) is 6.54 Å². The maximum Gasteiger partial charge on any atom is 0.114 e. The largest absolute Gasteiger partial charge is 0.376 e. The fourth-order valence-electron chi connectivity index (χ4n) is 1.25. The molecule has 1 N–H and O–H groups in total. The van der Waals surface area contributed by atoms with Crippen LogP contribution in [0.1, 0.15) is 27.7 Å². The third kappa shape index (κ3) is 3.09. The molecule has 0 aromatic carbocycles. The molecular formula is C9H19NO2. The summed E-state index contributed by atoms with van der Waals surface area (Å²) in [6.07, 6.45) is 0.500. The molecule has 3 nitrogen and oxygen atoms in total. The zero-order chi connectivity index (χ0) is 9.19. The first-order chi connectivity index (χ1) is 5.49. The van der Waals surface area contributed by atoms with Gasteiger partial charge < -0.3 is 9.47 Å². The van der Waals surface area contributed by atoms with Crippen molar-refractivity contribution in [2.75, 3.05) is 13.2 Å². The Morgan fingerprint density at radius 1 is 1.58 bits per heavy atom. The first-order valence-corrected chi connectivity index (χ1v) is 4.54. The van der Waals surface area contributed by atoms with E-state index in [0.717, 1.165) is 6.54 Å². The summed E-state index contributed by atoms with van der Waals surface area (Å²) < 4.78 is 11.1. The van der Waals surface area contributed by atoms with E-state index >= 15 is 0 Å². The molecule has 1 unspecified atom stereocenters. The minimum absolute atomic E-state index is 0.176. The first-order valence-electron chi connectivity index (χ1n) is 4.54. The highest BCUT2D eigenvalue weighted by atomic mass is 16.6. The van der Waals surface area contributed by atoms with Gasteiger partial charge in [-0.25, -0.2) is 0 Å². The van der Waals surface area contributed by atoms with Crippen LogP contribution in [0.4, 0.5) is 0 Å². The molecule has 0 aliphatic carbocycles. The third-order valence-corrected chi connectivity index (χ3v) is 1.83. The SMILES string of the molecule is CC(C)OCC1CNC(C)(C)O1. The monoisotopic (exact) mass is 173 g/mol. The van der Waals surface area contributed by atoms with Crippen LogP contribution in [-0.2, 0) is 9.47 Å². The molecule has 0 radical (unpaired) electrons. The smallest absolute Gasteiger partial charge is 0.114 e. The molecule has 72 valence electrons. The van der Waals surface area contributed by atoms with Crippen LogP contribution < -0.4 is 5.32 Å². The van der Waals surface area contributed by atoms with E-state index in [1.807, 2.05) is 27.7 Å². The molecule has 12 heavy (non-hydrogen) atoms. The summed E-state index contributed by atoms with van der Waals surface area (Å²) in [5.41, 5.74) is -0.176. The standard InChI is InChI=1S/C9H19NO2/c1-7(2)11-6-8-5-10-9(3,4)12-8/h7-8,10H,5-6H2,1-4H3. The topological polar surface area (TPSA) is 30.5 Å². The lowest BCUT2D eigenvalue weighted by Crippen LogP contribution is -2.33. The van der Waals surface area contributed by atoms with Crippen LogP contribution in [0.15, 0.2) is 0 Å². The highest BCUT2D eigenvalue weighted by Gasteiger charge is 2.30. The van der Waals surface area contributed by atoms with Crippen molar-refractivity contribution in [2.24, 2.45) is 0 Å². The summed E-state index contributed by atoms with van der Waals surface area (Å²) in [7, 11) is 0. The van der Waals surface area contributed by atoms with Gasteiger partial charge in [0.1, 0.15) is 5.72 Å². The number of ether oxygens (including phenoxy) is 2. The van der Waals surface area contributed by atoms with Crippen molar-refractivity contribution in [3.05, 3.63) is 0 Å². The fourth-order valence-corrected chi connectivity index (χ4v) is 1.25. The second-order valence-corrected chi connectivity index (χ2v) is 4.01. The minimum atomic E-state index is -0.176. The van der Waals surface area contributed by atoms with Crippen molar-refractivity contribution in [2.45, 2.75) is 45.6 Å². The Bertz CT molecular complexity index is 145. The molecule has 0 aromatic rings. The van der Waals surface area contributed by atoms with Crippen molar-refractivity contribution in [1.82, 2.24) is 5.32 Å². The van der Waals surface area contributed by atoms with Crippen LogP contribution in [0.25, 0.3) is 0 Å². The van der Waals surface area contributed by atoms with E-state index in [9.17, 15) is 0 Å². The first kappa shape index (κ1) is 9.96. The lowest BCUT2D eigenvalue weighted by molar-refractivity contribution is -0.0668. The zero-order valence-electron chi connectivity index (χ0n) is 8.39. The summed E-state index contributed by atoms with van der Waals surface area (Å²) in [6, 6.07) is 0. The van der Waals surface area contributed by atoms with Crippen LogP contribution >= 0.6 is 0 Å². The summed E-state index contributed by atoms with van der Waals surface area (Å²) in [5, 5.41) is 3.27. The van der Waals surface area contributed by atoms with Gasteiger partial charge in [-0.1, -0.05) is 0 Å². The fraction of sp³-hybridized carbons (Fsp3) is 1.00. The zero-order valence-corrected chi connectivity index (χ0v) is 8.39. The second-order valence-electron chi connectivity index (χ2n) is 4.01. The van der Waals surface area contributed by atoms with Gasteiger partial charge in [0.15, 0.2) is 0 Å². The van der Waals surface area contributed by atoms with Crippen LogP contribution in [0.5, 0.6) is 0 Å². The van der Waals surface area contributed by atoms with Gasteiger partial charge in [-0.05, 0) is 27.7 Å². The van der Waals surface area contributed by atoms with Gasteiger partial charge in [-0.15, -0.1) is 0 Å². The Labute approximate surface area is 74.4 Å². The van der Waals surface area contributed by atoms with Crippen molar-refractivity contribution < 1.29 is 9.47 Å². The predicted octanol–water partition coefficient (Wildman–Crippen LogP) is 1.14. The van der Waals surface area contributed by atoms with Gasteiger partial charge in [-0.3, -0.25) is 5.32 Å². The molecule has 1 atom stereocenters. The summed E-state index contributed by atoms with van der Waals surface area (Å²) in [5.74, 6) is 0. The average molecular weight is 173 g/mol. The van der Waals surface area contributed by atoms with E-state index in [1.165, 1.54) is 0 Å². The molecule has 1 heterocycles. The van der Waals surface area contributed by atoms with E-state index in [4.69, 9.17) is 9.47 Å². The lowest BCUT2D eigenvalue weighted by atomic mass is 10.3. The molecule has 1 fully saturated rings. The average Bonchev–Trinajstić information content (AvgIpc) is 2.26. The molecule has 0 aromatic heterocycles. The summed E-state index contributed by atoms with van der Waals surface area (Å²) >= 11 is 0. The summed E-state index contributed by atoms with van der Waals surface area (Å²) in [6.45, 7) is 9.71. The number of rotatable bonds is 3. The molecule has 0 bridgehead atoms. The summed E-state index contributed by atoms with van der Waals surface area (Å²) in [4.78, 5) is 0. The molecule has 0 amide bonds. The molecule has 1 saturated heterocycles. The normalized spacial score (nSPS) is 28.2. The maximum atomic E-state index is 5.66. The number of nitrogens with one attached hydrogen (secondary N) is 1. The maximum absolute atomic E-state index is 5.66. The van der Waals surface area contributed by atoms with Crippen molar-refractivity contribution in [3.63, 3.8) is 0 Å². The van der Waals surface area contributed by atoms with E-state index < -0.39 is 0 Å². The Kier molecular flexibility index (Phi) is 3.09. The van der Waals surface area contributed by atoms with Crippen LogP contribution in [0.3, 0.4) is 0 Å². The second kappa shape index (κ2) is 3.73. The van der Waals surface area contributed by atoms with Gasteiger partial charge in [0.2, 0.25) is 0 Å². The van der Waals surface area contributed by atoms with Crippen molar-refractivity contribution in [3.8, 4) is 0 Å². The molecule has 0 saturated carbocycles. The van der Waals surface area contributed by atoms with E-state index in [1.54, 1.807) is 0 Å². The Hall–Kier alpha value is -0.120. The highest BCUT2D eigenvalue weighted by molar-refractivity contribution is 4.79. The molecule has 1 aliphatic rings. The minimum Gasteiger partial charge on any atom is -0.376 e. The van der Waals surface area contributed by atoms with Gasteiger partial charge in [-0.2, -0.15) is 0 Å². The Morgan fingerprint density at radius 2 is 2.25 bits per heavy atom. The van der Waals surface area contributed by atoms with E-state index in [0.29, 0.717) is 6.61 Å². The Balaban J connectivity index is 2.20. The molecule has 0 spiro atoms. The van der Waals surface area contributed by atoms with Gasteiger partial charge in [0.05, 0.1) is 18.8 Å². The van der Waals surface area contributed by atoms with Gasteiger partial charge in [0.25, 0.3) is 0 Å². The highest BCUT2D eigenvalue weighted by Crippen LogP contribution is 2.15. The Morgan fingerprint density at radius 3 is 2.67 bits per heavy atom. The quantitative estimate of drug-likeness (QED) is 0.694. The predicted molar refractivity (Wildman–Crippen MR) is 48.0 cm³/mol. The lowest BCUT2D eigenvalue weighted by Gasteiger charge is -2.19. The molecule has 1 aliphatic heterocycles. The molecule has 1 rings (SSSR count). The number of hydrogen-bond donors (Lipinski definition) is 1. The van der Waals surface area contributed by atoms with Crippen LogP contribution in [0, 0.1) is 0 Å².